The van der Waals surface area contributed by atoms with Crippen LogP contribution in [0.15, 0.2) is 36.5 Å². The van der Waals surface area contributed by atoms with Crippen LogP contribution in [0.5, 0.6) is 0 Å². The highest BCUT2D eigenvalue weighted by Gasteiger charge is 2.31. The van der Waals surface area contributed by atoms with Gasteiger partial charge in [-0.1, -0.05) is 6.07 Å². The minimum absolute atomic E-state index is 0.0775. The van der Waals surface area contributed by atoms with Gasteiger partial charge in [0.1, 0.15) is 5.69 Å². The zero-order valence-corrected chi connectivity index (χ0v) is 17.1. The molecule has 2 aromatic rings. The highest BCUT2D eigenvalue weighted by molar-refractivity contribution is 6.01. The van der Waals surface area contributed by atoms with Crippen molar-refractivity contribution in [3.05, 3.63) is 53.3 Å². The number of Topliss-reactive ketones (excluding diaryl/α,β-unsaturated/α-hetero) is 1. The molecule has 2 aliphatic rings. The number of carbonyl (C=O) groups is 2. The second kappa shape index (κ2) is 8.74. The molecule has 1 amide bonds. The maximum atomic E-state index is 13.0. The SMILES string of the molecule is O=C(CN1CCN(c2cccc(C(F)(F)F)c2)CC1)c1c[nH]c(C(=O)N2CCCC2)c1. The van der Waals surface area contributed by atoms with Crippen molar-refractivity contribution in [2.24, 2.45) is 0 Å². The predicted octanol–water partition coefficient (Wildman–Crippen LogP) is 3.27. The number of amides is 1. The van der Waals surface area contributed by atoms with Crippen molar-refractivity contribution in [3.63, 3.8) is 0 Å². The number of aromatic amines is 1. The van der Waals surface area contributed by atoms with Gasteiger partial charge in [0.05, 0.1) is 12.1 Å². The molecule has 2 aliphatic heterocycles. The van der Waals surface area contributed by atoms with Crippen LogP contribution in [0.1, 0.15) is 39.3 Å². The monoisotopic (exact) mass is 434 g/mol. The molecule has 0 saturated carbocycles. The lowest BCUT2D eigenvalue weighted by molar-refractivity contribution is -0.137. The number of alkyl halides is 3. The molecule has 0 unspecified atom stereocenters. The van der Waals surface area contributed by atoms with E-state index in [0.29, 0.717) is 43.1 Å². The molecule has 2 saturated heterocycles. The number of hydrogen-bond acceptors (Lipinski definition) is 4. The van der Waals surface area contributed by atoms with Crippen LogP contribution in [-0.2, 0) is 6.18 Å². The van der Waals surface area contributed by atoms with Gasteiger partial charge in [0.2, 0.25) is 0 Å². The summed E-state index contributed by atoms with van der Waals surface area (Å²) in [6.45, 7) is 3.94. The summed E-state index contributed by atoms with van der Waals surface area (Å²) >= 11 is 0. The third kappa shape index (κ3) is 4.92. The molecule has 4 rings (SSSR count). The first-order valence-corrected chi connectivity index (χ1v) is 10.5. The highest BCUT2D eigenvalue weighted by atomic mass is 19.4. The van der Waals surface area contributed by atoms with E-state index in [1.54, 1.807) is 23.2 Å². The third-order valence-electron chi connectivity index (χ3n) is 5.91. The molecule has 0 radical (unpaired) electrons. The molecule has 31 heavy (non-hydrogen) atoms. The smallest absolute Gasteiger partial charge is 0.369 e. The van der Waals surface area contributed by atoms with Crippen LogP contribution in [-0.4, -0.2) is 72.3 Å². The summed E-state index contributed by atoms with van der Waals surface area (Å²) in [5.41, 5.74) is 0.785. The number of aromatic nitrogens is 1. The number of nitrogens with zero attached hydrogens (tertiary/aromatic N) is 3. The van der Waals surface area contributed by atoms with Gasteiger partial charge in [0, 0.05) is 56.7 Å². The highest BCUT2D eigenvalue weighted by Crippen LogP contribution is 2.31. The summed E-state index contributed by atoms with van der Waals surface area (Å²) in [5, 5.41) is 0. The Bertz CT molecular complexity index is 942. The Morgan fingerprint density at radius 3 is 2.35 bits per heavy atom. The standard InChI is InChI=1S/C22H25F3N4O2/c23-22(24,25)17-4-3-5-18(13-17)28-10-8-27(9-11-28)15-20(30)16-12-19(26-14-16)21(31)29-6-1-2-7-29/h3-5,12-14,26H,1-2,6-11,15H2. The predicted molar refractivity (Wildman–Crippen MR) is 110 cm³/mol. The fraction of sp³-hybridized carbons (Fsp3) is 0.455. The van der Waals surface area contributed by atoms with Crippen LogP contribution in [0.3, 0.4) is 0 Å². The molecule has 1 aromatic carbocycles. The first-order chi connectivity index (χ1) is 14.8. The molecule has 1 N–H and O–H groups in total. The molecule has 6 nitrogen and oxygen atoms in total. The lowest BCUT2D eigenvalue weighted by Gasteiger charge is -2.36. The van der Waals surface area contributed by atoms with Gasteiger partial charge < -0.3 is 14.8 Å². The second-order valence-electron chi connectivity index (χ2n) is 8.04. The van der Waals surface area contributed by atoms with Crippen LogP contribution in [0.25, 0.3) is 0 Å². The lowest BCUT2D eigenvalue weighted by Crippen LogP contribution is -2.48. The van der Waals surface area contributed by atoms with Crippen LogP contribution >= 0.6 is 0 Å². The molecule has 1 aromatic heterocycles. The average molecular weight is 434 g/mol. The molecule has 0 spiro atoms. The van der Waals surface area contributed by atoms with Gasteiger partial charge in [-0.2, -0.15) is 13.2 Å². The average Bonchev–Trinajstić information content (AvgIpc) is 3.46. The van der Waals surface area contributed by atoms with E-state index in [1.807, 2.05) is 9.80 Å². The number of piperazine rings is 1. The number of halogens is 3. The van der Waals surface area contributed by atoms with Crippen molar-refractivity contribution >= 4 is 17.4 Å². The van der Waals surface area contributed by atoms with E-state index in [0.717, 1.165) is 32.0 Å². The number of benzene rings is 1. The zero-order valence-electron chi connectivity index (χ0n) is 17.1. The first kappa shape index (κ1) is 21.4. The summed E-state index contributed by atoms with van der Waals surface area (Å²) in [5.74, 6) is -0.157. The fourth-order valence-electron chi connectivity index (χ4n) is 4.11. The van der Waals surface area contributed by atoms with Gasteiger partial charge in [0.25, 0.3) is 5.91 Å². The molecule has 0 aliphatic carbocycles. The summed E-state index contributed by atoms with van der Waals surface area (Å²) in [4.78, 5) is 33.7. The number of anilines is 1. The Balaban J connectivity index is 1.31. The van der Waals surface area contributed by atoms with Crippen molar-refractivity contribution in [1.29, 1.82) is 0 Å². The number of hydrogen-bond donors (Lipinski definition) is 1. The molecule has 2 fully saturated rings. The van der Waals surface area contributed by atoms with E-state index < -0.39 is 11.7 Å². The van der Waals surface area contributed by atoms with E-state index in [9.17, 15) is 22.8 Å². The van der Waals surface area contributed by atoms with E-state index in [1.165, 1.54) is 12.1 Å². The number of carbonyl (C=O) groups excluding carboxylic acids is 2. The number of rotatable bonds is 5. The van der Waals surface area contributed by atoms with Gasteiger partial charge in [-0.15, -0.1) is 0 Å². The van der Waals surface area contributed by atoms with Crippen LogP contribution in [0.4, 0.5) is 18.9 Å². The van der Waals surface area contributed by atoms with Crippen molar-refractivity contribution in [3.8, 4) is 0 Å². The van der Waals surface area contributed by atoms with Gasteiger partial charge in [-0.25, -0.2) is 0 Å². The van der Waals surface area contributed by atoms with Gasteiger partial charge >= 0.3 is 6.18 Å². The molecule has 9 heteroatoms. The maximum absolute atomic E-state index is 13.0. The number of nitrogens with one attached hydrogen (secondary N) is 1. The first-order valence-electron chi connectivity index (χ1n) is 10.5. The Hall–Kier alpha value is -2.81. The molecule has 3 heterocycles. The summed E-state index contributed by atoms with van der Waals surface area (Å²) in [6, 6.07) is 6.94. The lowest BCUT2D eigenvalue weighted by atomic mass is 10.1. The van der Waals surface area contributed by atoms with Gasteiger partial charge in [-0.3, -0.25) is 14.5 Å². The Kier molecular flexibility index (Phi) is 6.04. The molecular formula is C22H25F3N4O2. The number of likely N-dealkylation sites (tertiary alicyclic amines) is 1. The summed E-state index contributed by atoms with van der Waals surface area (Å²) in [6.07, 6.45) is -0.782. The van der Waals surface area contributed by atoms with Gasteiger partial charge in [0.15, 0.2) is 5.78 Å². The Morgan fingerprint density at radius 1 is 0.968 bits per heavy atom. The van der Waals surface area contributed by atoms with Crippen molar-refractivity contribution < 1.29 is 22.8 Å². The van der Waals surface area contributed by atoms with Gasteiger partial charge in [-0.05, 0) is 37.1 Å². The fourth-order valence-corrected chi connectivity index (χ4v) is 4.11. The van der Waals surface area contributed by atoms with Crippen LogP contribution in [0.2, 0.25) is 0 Å². The van der Waals surface area contributed by atoms with Crippen molar-refractivity contribution in [2.45, 2.75) is 19.0 Å². The summed E-state index contributed by atoms with van der Waals surface area (Å²) < 4.78 is 38.9. The van der Waals surface area contributed by atoms with E-state index in [2.05, 4.69) is 4.98 Å². The molecular weight excluding hydrogens is 409 g/mol. The zero-order chi connectivity index (χ0) is 22.0. The van der Waals surface area contributed by atoms with Crippen molar-refractivity contribution in [2.75, 3.05) is 50.7 Å². The maximum Gasteiger partial charge on any atom is 0.416 e. The second-order valence-corrected chi connectivity index (χ2v) is 8.04. The third-order valence-corrected chi connectivity index (χ3v) is 5.91. The number of ketones is 1. The summed E-state index contributed by atoms with van der Waals surface area (Å²) in [7, 11) is 0. The minimum atomic E-state index is -4.37. The molecule has 0 bridgehead atoms. The quantitative estimate of drug-likeness (QED) is 0.734. The van der Waals surface area contributed by atoms with Crippen LogP contribution in [0, 0.1) is 0 Å². The van der Waals surface area contributed by atoms with Crippen LogP contribution < -0.4 is 4.90 Å². The minimum Gasteiger partial charge on any atom is -0.369 e. The normalized spacial score (nSPS) is 17.9. The van der Waals surface area contributed by atoms with E-state index in [4.69, 9.17) is 0 Å². The van der Waals surface area contributed by atoms with E-state index in [-0.39, 0.29) is 18.2 Å². The molecule has 0 atom stereocenters. The Morgan fingerprint density at radius 2 is 1.68 bits per heavy atom. The molecule has 166 valence electrons. The Labute approximate surface area is 178 Å². The largest absolute Gasteiger partial charge is 0.416 e. The van der Waals surface area contributed by atoms with E-state index >= 15 is 0 Å². The topological polar surface area (TPSA) is 59.7 Å². The number of H-pyrrole nitrogens is 1. The van der Waals surface area contributed by atoms with Crippen molar-refractivity contribution in [1.82, 2.24) is 14.8 Å².